The number of methoxy groups -OCH3 is 1. The van der Waals surface area contributed by atoms with Gasteiger partial charge in [-0.25, -0.2) is 18.4 Å². The second-order valence-electron chi connectivity index (χ2n) is 13.1. The van der Waals surface area contributed by atoms with Crippen LogP contribution in [0.3, 0.4) is 0 Å². The van der Waals surface area contributed by atoms with Gasteiger partial charge in [0.05, 0.1) is 29.2 Å². The lowest BCUT2D eigenvalue weighted by Crippen LogP contribution is -2.49. The van der Waals surface area contributed by atoms with Crippen molar-refractivity contribution in [1.29, 1.82) is 0 Å². The minimum atomic E-state index is -3.73. The molecular formula is C34H45ClN2O7S. The number of carboxylic acid groups (broad SMARTS) is 1. The fourth-order valence-corrected chi connectivity index (χ4v) is 8.91. The predicted molar refractivity (Wildman–Crippen MR) is 176 cm³/mol. The summed E-state index contributed by atoms with van der Waals surface area (Å²) in [6, 6.07) is 11.2. The van der Waals surface area contributed by atoms with Crippen molar-refractivity contribution in [2.24, 2.45) is 22.9 Å². The van der Waals surface area contributed by atoms with Gasteiger partial charge in [-0.3, -0.25) is 0 Å². The molecule has 0 bridgehead atoms. The third kappa shape index (κ3) is 7.52. The Bertz CT molecular complexity index is 1520. The minimum absolute atomic E-state index is 0.0303. The number of halogens is 1. The van der Waals surface area contributed by atoms with E-state index in [0.29, 0.717) is 44.9 Å². The second kappa shape index (κ2) is 14.0. The molecule has 1 saturated carbocycles. The SMILES string of the molecule is COCCC(C(C)C/C=C/C(O)[C@@H]1CC[C@H]1CN1C[C@@]2(CCCc3cc(Cl)ccc32)COc2ccc(C(=O)O)cc21)S(N)(=O)=O. The van der Waals surface area contributed by atoms with Gasteiger partial charge >= 0.3 is 5.97 Å². The average Bonchev–Trinajstić information content (AvgIpc) is 3.11. The van der Waals surface area contributed by atoms with Crippen LogP contribution in [0, 0.1) is 17.8 Å². The number of nitrogens with two attached hydrogens (primary N) is 1. The summed E-state index contributed by atoms with van der Waals surface area (Å²) < 4.78 is 35.8. The van der Waals surface area contributed by atoms with Crippen molar-refractivity contribution >= 4 is 33.3 Å². The monoisotopic (exact) mass is 660 g/mol. The van der Waals surface area contributed by atoms with Crippen LogP contribution < -0.4 is 14.8 Å². The van der Waals surface area contributed by atoms with E-state index in [9.17, 15) is 23.4 Å². The Morgan fingerprint density at radius 3 is 2.76 bits per heavy atom. The van der Waals surface area contributed by atoms with Crippen molar-refractivity contribution in [3.8, 4) is 5.75 Å². The molecule has 2 aromatic rings. The molecule has 4 N–H and O–H groups in total. The molecule has 6 atom stereocenters. The molecule has 3 unspecified atom stereocenters. The number of allylic oxidation sites excluding steroid dienone is 1. The molecule has 1 heterocycles. The molecule has 0 aromatic heterocycles. The summed E-state index contributed by atoms with van der Waals surface area (Å²) in [5.74, 6) is -0.329. The minimum Gasteiger partial charge on any atom is -0.490 e. The van der Waals surface area contributed by atoms with E-state index in [4.69, 9.17) is 26.2 Å². The Balaban J connectivity index is 1.35. The van der Waals surface area contributed by atoms with Crippen LogP contribution in [0.1, 0.15) is 66.9 Å². The number of ether oxygens (including phenoxy) is 2. The molecule has 3 aliphatic rings. The number of fused-ring (bicyclic) bond motifs is 3. The summed E-state index contributed by atoms with van der Waals surface area (Å²) in [5.41, 5.74) is 3.16. The zero-order valence-corrected chi connectivity index (χ0v) is 27.6. The van der Waals surface area contributed by atoms with Crippen molar-refractivity contribution in [3.05, 3.63) is 70.3 Å². The van der Waals surface area contributed by atoms with Gasteiger partial charge in [-0.1, -0.05) is 36.7 Å². The Hall–Kier alpha value is -2.63. The highest BCUT2D eigenvalue weighted by Gasteiger charge is 2.44. The van der Waals surface area contributed by atoms with E-state index in [1.807, 2.05) is 19.1 Å². The van der Waals surface area contributed by atoms with Gasteiger partial charge in [-0.05, 0) is 104 Å². The van der Waals surface area contributed by atoms with Crippen LogP contribution in [0.4, 0.5) is 5.69 Å². The number of carbonyl (C=O) groups is 1. The maximum atomic E-state index is 12.1. The Morgan fingerprint density at radius 1 is 1.27 bits per heavy atom. The van der Waals surface area contributed by atoms with E-state index in [-0.39, 0.29) is 28.7 Å². The van der Waals surface area contributed by atoms with Gasteiger partial charge in [0.1, 0.15) is 5.75 Å². The van der Waals surface area contributed by atoms with Gasteiger partial charge in [0, 0.05) is 37.2 Å². The molecule has 5 rings (SSSR count). The molecule has 2 aromatic carbocycles. The van der Waals surface area contributed by atoms with E-state index in [2.05, 4.69) is 17.0 Å². The maximum absolute atomic E-state index is 12.1. The van der Waals surface area contributed by atoms with E-state index < -0.39 is 27.3 Å². The summed E-state index contributed by atoms with van der Waals surface area (Å²) in [6.45, 7) is 3.96. The molecule has 9 nitrogen and oxygen atoms in total. The fraction of sp³-hybridized carbons (Fsp3) is 0.559. The molecule has 246 valence electrons. The van der Waals surface area contributed by atoms with E-state index in [1.54, 1.807) is 24.3 Å². The number of carboxylic acids is 1. The quantitative estimate of drug-likeness (QED) is 0.265. The number of sulfonamides is 1. The van der Waals surface area contributed by atoms with Gasteiger partial charge in [-0.15, -0.1) is 0 Å². The second-order valence-corrected chi connectivity index (χ2v) is 15.4. The molecule has 1 fully saturated rings. The predicted octanol–water partition coefficient (Wildman–Crippen LogP) is 5.17. The topological polar surface area (TPSA) is 139 Å². The van der Waals surface area contributed by atoms with Crippen LogP contribution in [0.25, 0.3) is 0 Å². The molecule has 0 saturated heterocycles. The summed E-state index contributed by atoms with van der Waals surface area (Å²) >= 11 is 6.37. The molecule has 1 aliphatic heterocycles. The van der Waals surface area contributed by atoms with Crippen LogP contribution in [0.2, 0.25) is 5.02 Å². The lowest BCUT2D eigenvalue weighted by Gasteiger charge is -2.45. The number of aliphatic hydroxyl groups is 1. The lowest BCUT2D eigenvalue weighted by atomic mass is 9.68. The van der Waals surface area contributed by atoms with Crippen molar-refractivity contribution < 1.29 is 32.9 Å². The fourth-order valence-electron chi connectivity index (χ4n) is 7.54. The molecule has 0 radical (unpaired) electrons. The first-order valence-electron chi connectivity index (χ1n) is 15.8. The standard InChI is InChI=1S/C34H45ClN2O7S/c1-22(32(14-16-43-2)45(36,41)42)5-3-7-30(38)27-11-8-25(27)19-37-20-34(15-4-6-23-17-26(35)10-12-28(23)34)21-44-31-13-9-24(33(39)40)18-29(31)37/h3,7,9-10,12-13,17-18,22,25,27,30,32,38H,4-6,8,11,14-16,19-21H2,1-2H3,(H,39,40)(H2,36,41,42)/b7-3+/t22?,25-,27+,30?,32?,34-/m0/s1. The van der Waals surface area contributed by atoms with Crippen molar-refractivity contribution in [3.63, 3.8) is 0 Å². The highest BCUT2D eigenvalue weighted by molar-refractivity contribution is 7.89. The van der Waals surface area contributed by atoms with Crippen LogP contribution in [0.15, 0.2) is 48.6 Å². The van der Waals surface area contributed by atoms with Crippen molar-refractivity contribution in [1.82, 2.24) is 0 Å². The smallest absolute Gasteiger partial charge is 0.335 e. The van der Waals surface area contributed by atoms with Crippen LogP contribution >= 0.6 is 11.6 Å². The summed E-state index contributed by atoms with van der Waals surface area (Å²) in [4.78, 5) is 14.2. The normalized spacial score (nSPS) is 25.0. The maximum Gasteiger partial charge on any atom is 0.335 e. The molecular weight excluding hydrogens is 616 g/mol. The molecule has 11 heteroatoms. The van der Waals surface area contributed by atoms with Crippen LogP contribution in [0.5, 0.6) is 5.75 Å². The number of hydrogen-bond donors (Lipinski definition) is 3. The van der Waals surface area contributed by atoms with E-state index in [0.717, 1.165) is 42.8 Å². The number of aliphatic hydroxyl groups excluding tert-OH is 1. The largest absolute Gasteiger partial charge is 0.490 e. The summed E-state index contributed by atoms with van der Waals surface area (Å²) in [6.07, 6.45) is 8.49. The van der Waals surface area contributed by atoms with Gasteiger partial charge < -0.3 is 24.6 Å². The number of nitrogens with zero attached hydrogens (tertiary/aromatic N) is 1. The number of aromatic carboxylic acids is 1. The lowest BCUT2D eigenvalue weighted by molar-refractivity contribution is 0.0455. The number of anilines is 1. The zero-order chi connectivity index (χ0) is 32.4. The van der Waals surface area contributed by atoms with Gasteiger partial charge in [0.2, 0.25) is 10.0 Å². The highest BCUT2D eigenvalue weighted by Crippen LogP contribution is 2.46. The summed E-state index contributed by atoms with van der Waals surface area (Å²) in [7, 11) is -2.20. The van der Waals surface area contributed by atoms with E-state index in [1.165, 1.54) is 18.2 Å². The third-order valence-corrected chi connectivity index (χ3v) is 11.9. The highest BCUT2D eigenvalue weighted by atomic mass is 35.5. The van der Waals surface area contributed by atoms with Gasteiger partial charge in [0.15, 0.2) is 0 Å². The number of rotatable bonds is 12. The molecule has 2 aliphatic carbocycles. The Labute approximate surface area is 271 Å². The molecule has 45 heavy (non-hydrogen) atoms. The first-order valence-corrected chi connectivity index (χ1v) is 17.8. The first-order chi connectivity index (χ1) is 21.4. The first kappa shape index (κ1) is 33.7. The number of primary sulfonamides is 1. The Kier molecular flexibility index (Phi) is 10.5. The zero-order valence-electron chi connectivity index (χ0n) is 26.0. The summed E-state index contributed by atoms with van der Waals surface area (Å²) in [5, 5.41) is 26.5. The van der Waals surface area contributed by atoms with Crippen LogP contribution in [-0.4, -0.2) is 69.4 Å². The third-order valence-electron chi connectivity index (χ3n) is 10.2. The molecule has 1 spiro atoms. The van der Waals surface area contributed by atoms with Gasteiger partial charge in [-0.2, -0.15) is 0 Å². The van der Waals surface area contributed by atoms with E-state index >= 15 is 0 Å². The van der Waals surface area contributed by atoms with Crippen molar-refractivity contribution in [2.75, 3.05) is 38.3 Å². The Morgan fingerprint density at radius 2 is 2.07 bits per heavy atom. The van der Waals surface area contributed by atoms with Gasteiger partial charge in [0.25, 0.3) is 0 Å². The average molecular weight is 661 g/mol. The van der Waals surface area contributed by atoms with Crippen LogP contribution in [-0.2, 0) is 26.6 Å². The number of benzene rings is 2. The number of aryl methyl sites for hydroxylation is 1. The van der Waals surface area contributed by atoms with Crippen molar-refractivity contribution in [2.45, 2.75) is 68.6 Å². The number of hydrogen-bond acceptors (Lipinski definition) is 7. The molecule has 0 amide bonds.